The number of carbonyl (C=O) groups excluding carboxylic acids is 1. The second-order valence-corrected chi connectivity index (χ2v) is 4.99. The number of nitriles is 1. The number of alkyl halides is 3. The normalized spacial score (nSPS) is 15.4. The molecule has 1 aromatic heterocycles. The Balaban J connectivity index is 1.79. The average molecular weight is 328 g/mol. The van der Waals surface area contributed by atoms with E-state index < -0.39 is 25.3 Å². The molecule has 0 aromatic carbocycles. The summed E-state index contributed by atoms with van der Waals surface area (Å²) in [5.74, 6) is 0.242. The molecule has 0 aliphatic carbocycles. The van der Waals surface area contributed by atoms with Crippen molar-refractivity contribution in [3.8, 4) is 6.07 Å². The van der Waals surface area contributed by atoms with E-state index in [4.69, 9.17) is 5.26 Å². The van der Waals surface area contributed by atoms with Crippen LogP contribution in [0.2, 0.25) is 0 Å². The first-order valence-corrected chi connectivity index (χ1v) is 6.92. The molecule has 1 aliphatic heterocycles. The number of pyridine rings is 1. The van der Waals surface area contributed by atoms with Crippen molar-refractivity contribution in [1.82, 2.24) is 9.88 Å². The number of piperazine rings is 1. The van der Waals surface area contributed by atoms with Gasteiger partial charge in [0.15, 0.2) is 0 Å². The van der Waals surface area contributed by atoms with Crippen LogP contribution < -0.4 is 4.90 Å². The molecule has 2 heterocycles. The number of anilines is 1. The van der Waals surface area contributed by atoms with Gasteiger partial charge in [0.25, 0.3) is 0 Å². The van der Waals surface area contributed by atoms with Crippen LogP contribution in [0.5, 0.6) is 0 Å². The van der Waals surface area contributed by atoms with E-state index in [0.717, 1.165) is 0 Å². The monoisotopic (exact) mass is 328 g/mol. The third-order valence-corrected chi connectivity index (χ3v) is 3.32. The first-order valence-electron chi connectivity index (χ1n) is 6.92. The van der Waals surface area contributed by atoms with E-state index >= 15 is 0 Å². The highest BCUT2D eigenvalue weighted by atomic mass is 19.4. The van der Waals surface area contributed by atoms with E-state index in [9.17, 15) is 18.0 Å². The van der Waals surface area contributed by atoms with Crippen LogP contribution in [0.1, 0.15) is 5.56 Å². The van der Waals surface area contributed by atoms with Crippen molar-refractivity contribution in [2.45, 2.75) is 6.18 Å². The van der Waals surface area contributed by atoms with Gasteiger partial charge in [-0.1, -0.05) is 0 Å². The molecule has 0 radical (unpaired) electrons. The third-order valence-electron chi connectivity index (χ3n) is 3.32. The van der Waals surface area contributed by atoms with Crippen molar-refractivity contribution in [2.75, 3.05) is 44.3 Å². The molecule has 0 N–H and O–H groups in total. The van der Waals surface area contributed by atoms with Gasteiger partial charge >= 0.3 is 6.18 Å². The van der Waals surface area contributed by atoms with Crippen LogP contribution in [0.3, 0.4) is 0 Å². The fourth-order valence-corrected chi connectivity index (χ4v) is 2.17. The number of carbonyl (C=O) groups is 1. The molecule has 0 unspecified atom stereocenters. The molecule has 0 bridgehead atoms. The second-order valence-electron chi connectivity index (χ2n) is 4.99. The Labute approximate surface area is 131 Å². The SMILES string of the molecule is N#Cc1ccc(N2CCN(C(=O)COCC(F)(F)F)CC2)nc1. The van der Waals surface area contributed by atoms with E-state index in [1.54, 1.807) is 12.1 Å². The van der Waals surface area contributed by atoms with Gasteiger partial charge in [-0.2, -0.15) is 18.4 Å². The van der Waals surface area contributed by atoms with Crippen molar-refractivity contribution in [3.05, 3.63) is 23.9 Å². The van der Waals surface area contributed by atoms with Crippen LogP contribution >= 0.6 is 0 Å². The predicted molar refractivity (Wildman–Crippen MR) is 74.6 cm³/mol. The Morgan fingerprint density at radius 2 is 2.00 bits per heavy atom. The fraction of sp³-hybridized carbons (Fsp3) is 0.500. The van der Waals surface area contributed by atoms with Gasteiger partial charge in [-0.15, -0.1) is 0 Å². The summed E-state index contributed by atoms with van der Waals surface area (Å²) in [6.07, 6.45) is -2.96. The maximum Gasteiger partial charge on any atom is 0.411 e. The van der Waals surface area contributed by atoms with Crippen LogP contribution in [0.25, 0.3) is 0 Å². The first-order chi connectivity index (χ1) is 10.9. The van der Waals surface area contributed by atoms with E-state index in [1.807, 2.05) is 11.0 Å². The lowest BCUT2D eigenvalue weighted by Crippen LogP contribution is -2.50. The number of rotatable bonds is 4. The lowest BCUT2D eigenvalue weighted by Gasteiger charge is -2.35. The predicted octanol–water partition coefficient (Wildman–Crippen LogP) is 1.18. The Hall–Kier alpha value is -2.34. The lowest BCUT2D eigenvalue weighted by molar-refractivity contribution is -0.177. The number of hydrogen-bond donors (Lipinski definition) is 0. The number of halogens is 3. The van der Waals surface area contributed by atoms with Crippen molar-refractivity contribution in [3.63, 3.8) is 0 Å². The number of ether oxygens (including phenoxy) is 1. The highest BCUT2D eigenvalue weighted by Crippen LogP contribution is 2.16. The summed E-state index contributed by atoms with van der Waals surface area (Å²) in [6.45, 7) is -0.192. The summed E-state index contributed by atoms with van der Waals surface area (Å²) >= 11 is 0. The molecule has 1 amide bonds. The van der Waals surface area contributed by atoms with Gasteiger partial charge in [0.2, 0.25) is 5.91 Å². The maximum absolute atomic E-state index is 12.0. The first kappa shape index (κ1) is 17.0. The van der Waals surface area contributed by atoms with Crippen LogP contribution in [0.4, 0.5) is 19.0 Å². The zero-order valence-electron chi connectivity index (χ0n) is 12.2. The molecule has 1 aliphatic rings. The minimum atomic E-state index is -4.43. The topological polar surface area (TPSA) is 69.5 Å². The Kier molecular flexibility index (Phi) is 5.39. The van der Waals surface area contributed by atoms with E-state index in [0.29, 0.717) is 37.6 Å². The standard InChI is InChI=1S/C14H15F3N4O2/c15-14(16,17)10-23-9-13(22)21-5-3-20(4-6-21)12-2-1-11(7-18)8-19-12/h1-2,8H,3-6,9-10H2. The molecule has 1 saturated heterocycles. The lowest BCUT2D eigenvalue weighted by atomic mass is 10.2. The van der Waals surface area contributed by atoms with Crippen molar-refractivity contribution in [2.24, 2.45) is 0 Å². The highest BCUT2D eigenvalue weighted by Gasteiger charge is 2.29. The largest absolute Gasteiger partial charge is 0.411 e. The van der Waals surface area contributed by atoms with Crippen molar-refractivity contribution < 1.29 is 22.7 Å². The fourth-order valence-electron chi connectivity index (χ4n) is 2.17. The molecular formula is C14H15F3N4O2. The van der Waals surface area contributed by atoms with Gasteiger partial charge in [-0.3, -0.25) is 4.79 Å². The van der Waals surface area contributed by atoms with Gasteiger partial charge < -0.3 is 14.5 Å². The van der Waals surface area contributed by atoms with E-state index in [-0.39, 0.29) is 0 Å². The van der Waals surface area contributed by atoms with Crippen LogP contribution in [-0.2, 0) is 9.53 Å². The second kappa shape index (κ2) is 7.28. The molecule has 23 heavy (non-hydrogen) atoms. The summed E-state index contributed by atoms with van der Waals surface area (Å²) in [7, 11) is 0. The molecule has 124 valence electrons. The van der Waals surface area contributed by atoms with E-state index in [1.165, 1.54) is 11.1 Å². The number of nitrogens with zero attached hydrogens (tertiary/aromatic N) is 4. The summed E-state index contributed by atoms with van der Waals surface area (Å²) in [6, 6.07) is 5.36. The van der Waals surface area contributed by atoms with Crippen LogP contribution in [-0.4, -0.2) is 61.4 Å². The summed E-state index contributed by atoms with van der Waals surface area (Å²) in [5.41, 5.74) is 0.462. The molecule has 2 rings (SSSR count). The van der Waals surface area contributed by atoms with Gasteiger partial charge in [0, 0.05) is 32.4 Å². The van der Waals surface area contributed by atoms with Gasteiger partial charge in [0.05, 0.1) is 5.56 Å². The molecular weight excluding hydrogens is 313 g/mol. The Bertz CT molecular complexity index is 575. The highest BCUT2D eigenvalue weighted by molar-refractivity contribution is 5.77. The molecule has 1 fully saturated rings. The Morgan fingerprint density at radius 1 is 1.30 bits per heavy atom. The Morgan fingerprint density at radius 3 is 2.52 bits per heavy atom. The molecule has 0 atom stereocenters. The average Bonchev–Trinajstić information content (AvgIpc) is 2.54. The zero-order chi connectivity index (χ0) is 16.9. The van der Waals surface area contributed by atoms with Gasteiger partial charge in [-0.25, -0.2) is 4.98 Å². The minimum absolute atomic E-state index is 0.385. The number of amides is 1. The van der Waals surface area contributed by atoms with Crippen LogP contribution in [0.15, 0.2) is 18.3 Å². The zero-order valence-corrected chi connectivity index (χ0v) is 12.2. The van der Waals surface area contributed by atoms with Crippen molar-refractivity contribution in [1.29, 1.82) is 5.26 Å². The molecule has 6 nitrogen and oxygen atoms in total. The van der Waals surface area contributed by atoms with Gasteiger partial charge in [0.1, 0.15) is 25.1 Å². The van der Waals surface area contributed by atoms with Gasteiger partial charge in [-0.05, 0) is 12.1 Å². The molecule has 9 heteroatoms. The maximum atomic E-state index is 12.0. The third kappa shape index (κ3) is 5.10. The molecule has 0 spiro atoms. The van der Waals surface area contributed by atoms with Crippen LogP contribution in [0, 0.1) is 11.3 Å². The molecule has 1 aromatic rings. The number of aromatic nitrogens is 1. The summed E-state index contributed by atoms with van der Waals surface area (Å²) in [5, 5.41) is 8.73. The summed E-state index contributed by atoms with van der Waals surface area (Å²) < 4.78 is 40.3. The minimum Gasteiger partial charge on any atom is -0.362 e. The van der Waals surface area contributed by atoms with E-state index in [2.05, 4.69) is 9.72 Å². The summed E-state index contributed by atoms with van der Waals surface area (Å²) in [4.78, 5) is 19.4. The quantitative estimate of drug-likeness (QED) is 0.830. The molecule has 0 saturated carbocycles. The van der Waals surface area contributed by atoms with Crippen molar-refractivity contribution >= 4 is 11.7 Å². The number of hydrogen-bond acceptors (Lipinski definition) is 5. The smallest absolute Gasteiger partial charge is 0.362 e.